The Morgan fingerprint density at radius 2 is 2.09 bits per heavy atom. The molecular weight excluding hydrogens is 191 g/mol. The van der Waals surface area contributed by atoms with Crippen molar-refractivity contribution in [1.82, 2.24) is 5.32 Å². The van der Waals surface area contributed by atoms with E-state index in [0.29, 0.717) is 13.0 Å². The van der Waals surface area contributed by atoms with Gasteiger partial charge in [-0.2, -0.15) is 0 Å². The van der Waals surface area contributed by atoms with Crippen LogP contribution >= 0.6 is 24.8 Å². The van der Waals surface area contributed by atoms with Crippen molar-refractivity contribution < 1.29 is 9.90 Å². The van der Waals surface area contributed by atoms with E-state index in [2.05, 4.69) is 5.32 Å². The lowest BCUT2D eigenvalue weighted by Crippen LogP contribution is -2.30. The van der Waals surface area contributed by atoms with Crippen LogP contribution in [0, 0.1) is 0 Å². The summed E-state index contributed by atoms with van der Waals surface area (Å²) in [6, 6.07) is -0.397. The van der Waals surface area contributed by atoms with E-state index < -0.39 is 12.0 Å². The fourth-order valence-electron chi connectivity index (χ4n) is 0.951. The van der Waals surface area contributed by atoms with E-state index in [1.165, 1.54) is 0 Å². The third-order valence-electron chi connectivity index (χ3n) is 1.46. The highest BCUT2D eigenvalue weighted by Crippen LogP contribution is 2.03. The lowest BCUT2D eigenvalue weighted by molar-refractivity contribution is -0.139. The average molecular weight is 203 g/mol. The highest BCUT2D eigenvalue weighted by atomic mass is 35.5. The quantitative estimate of drug-likeness (QED) is 0.542. The van der Waals surface area contributed by atoms with Crippen molar-refractivity contribution >= 4 is 30.8 Å². The number of carboxylic acid groups (broad SMARTS) is 1. The van der Waals surface area contributed by atoms with E-state index in [4.69, 9.17) is 10.8 Å². The smallest absolute Gasteiger partial charge is 0.320 e. The third-order valence-corrected chi connectivity index (χ3v) is 1.46. The van der Waals surface area contributed by atoms with Crippen LogP contribution in [-0.2, 0) is 4.79 Å². The summed E-state index contributed by atoms with van der Waals surface area (Å²) in [4.78, 5) is 10.2. The van der Waals surface area contributed by atoms with Gasteiger partial charge in [0, 0.05) is 12.6 Å². The molecule has 0 aromatic rings. The number of hydrogen-bond acceptors (Lipinski definition) is 3. The molecule has 11 heavy (non-hydrogen) atoms. The summed E-state index contributed by atoms with van der Waals surface area (Å²) in [6.45, 7) is 0.622. The first-order valence-corrected chi connectivity index (χ1v) is 2.92. The second kappa shape index (κ2) is 5.60. The molecule has 6 heteroatoms. The molecule has 2 atom stereocenters. The van der Waals surface area contributed by atoms with E-state index >= 15 is 0 Å². The minimum atomic E-state index is -0.803. The van der Waals surface area contributed by atoms with Crippen LogP contribution in [0.3, 0.4) is 0 Å². The van der Waals surface area contributed by atoms with Gasteiger partial charge in [0.15, 0.2) is 0 Å². The molecule has 1 fully saturated rings. The van der Waals surface area contributed by atoms with E-state index in [-0.39, 0.29) is 30.9 Å². The molecule has 0 aliphatic carbocycles. The van der Waals surface area contributed by atoms with E-state index in [0.717, 1.165) is 0 Å². The number of aliphatic carboxylic acids is 1. The Balaban J connectivity index is 0. The predicted octanol–water partition coefficient (Wildman–Crippen LogP) is -0.396. The summed E-state index contributed by atoms with van der Waals surface area (Å²) in [6.07, 6.45) is 0.551. The summed E-state index contributed by atoms with van der Waals surface area (Å²) < 4.78 is 0. The molecule has 0 unspecified atom stereocenters. The molecule has 0 saturated carbocycles. The minimum absolute atomic E-state index is 0. The van der Waals surface area contributed by atoms with Gasteiger partial charge in [-0.1, -0.05) is 0 Å². The molecule has 1 aliphatic heterocycles. The molecule has 0 bridgehead atoms. The Kier molecular flexibility index (Phi) is 6.90. The lowest BCUT2D eigenvalue weighted by Gasteiger charge is -2.00. The van der Waals surface area contributed by atoms with Crippen molar-refractivity contribution in [3.05, 3.63) is 0 Å². The standard InChI is InChI=1S/C5H10N2O2.2ClH/c6-3-1-4(5(8)9)7-2-3;;/h3-4,7H,1-2,6H2,(H,8,9);2*1H/t3-,4+;;/m1../s1. The molecule has 0 aromatic heterocycles. The molecule has 1 heterocycles. The topological polar surface area (TPSA) is 75.3 Å². The van der Waals surface area contributed by atoms with Crippen molar-refractivity contribution in [3.8, 4) is 0 Å². The number of carboxylic acids is 1. The summed E-state index contributed by atoms with van der Waals surface area (Å²) in [7, 11) is 0. The van der Waals surface area contributed by atoms with Gasteiger partial charge < -0.3 is 16.2 Å². The number of nitrogens with two attached hydrogens (primary N) is 1. The van der Waals surface area contributed by atoms with Crippen LogP contribution in [0.5, 0.6) is 0 Å². The monoisotopic (exact) mass is 202 g/mol. The van der Waals surface area contributed by atoms with Gasteiger partial charge in [-0.15, -0.1) is 24.8 Å². The van der Waals surface area contributed by atoms with E-state index in [1.807, 2.05) is 0 Å². The van der Waals surface area contributed by atoms with Crippen molar-refractivity contribution in [2.24, 2.45) is 5.73 Å². The number of halogens is 2. The summed E-state index contributed by atoms with van der Waals surface area (Å²) >= 11 is 0. The Bertz CT molecular complexity index is 134. The van der Waals surface area contributed by atoms with Crippen LogP contribution in [0.4, 0.5) is 0 Å². The largest absolute Gasteiger partial charge is 0.480 e. The normalized spacial score (nSPS) is 28.5. The van der Waals surface area contributed by atoms with Gasteiger partial charge in [0.1, 0.15) is 6.04 Å². The third kappa shape index (κ3) is 3.76. The van der Waals surface area contributed by atoms with E-state index in [9.17, 15) is 4.79 Å². The average Bonchev–Trinajstić information content (AvgIpc) is 2.14. The maximum absolute atomic E-state index is 10.2. The fourth-order valence-corrected chi connectivity index (χ4v) is 0.951. The fraction of sp³-hybridized carbons (Fsp3) is 0.800. The molecular formula is C5H12Cl2N2O2. The first kappa shape index (κ1) is 13.6. The van der Waals surface area contributed by atoms with Crippen molar-refractivity contribution in [2.45, 2.75) is 18.5 Å². The van der Waals surface area contributed by atoms with Gasteiger partial charge in [0.05, 0.1) is 0 Å². The van der Waals surface area contributed by atoms with Crippen LogP contribution in [0.1, 0.15) is 6.42 Å². The highest BCUT2D eigenvalue weighted by Gasteiger charge is 2.26. The van der Waals surface area contributed by atoms with Crippen LogP contribution in [-0.4, -0.2) is 29.7 Å². The second-order valence-corrected chi connectivity index (χ2v) is 2.29. The van der Waals surface area contributed by atoms with Gasteiger partial charge in [0.2, 0.25) is 0 Å². The zero-order valence-corrected chi connectivity index (χ0v) is 7.45. The number of rotatable bonds is 1. The van der Waals surface area contributed by atoms with Gasteiger partial charge in [-0.05, 0) is 6.42 Å². The van der Waals surface area contributed by atoms with Gasteiger partial charge in [-0.25, -0.2) is 0 Å². The second-order valence-electron chi connectivity index (χ2n) is 2.29. The van der Waals surface area contributed by atoms with Crippen molar-refractivity contribution in [2.75, 3.05) is 6.54 Å². The molecule has 0 radical (unpaired) electrons. The lowest BCUT2D eigenvalue weighted by atomic mass is 10.2. The molecule has 1 rings (SSSR count). The SMILES string of the molecule is Cl.Cl.N[C@H]1CN[C@H](C(=O)O)C1. The first-order valence-electron chi connectivity index (χ1n) is 2.92. The summed E-state index contributed by atoms with van der Waals surface area (Å²) in [5.41, 5.74) is 5.44. The van der Waals surface area contributed by atoms with Crippen LogP contribution < -0.4 is 11.1 Å². The maximum Gasteiger partial charge on any atom is 0.320 e. The van der Waals surface area contributed by atoms with Crippen LogP contribution in [0.15, 0.2) is 0 Å². The van der Waals surface area contributed by atoms with Crippen molar-refractivity contribution in [1.29, 1.82) is 0 Å². The van der Waals surface area contributed by atoms with Gasteiger partial charge in [-0.3, -0.25) is 4.79 Å². The van der Waals surface area contributed by atoms with Crippen LogP contribution in [0.2, 0.25) is 0 Å². The zero-order chi connectivity index (χ0) is 6.85. The molecule has 1 aliphatic rings. The highest BCUT2D eigenvalue weighted by molar-refractivity contribution is 5.85. The number of nitrogens with one attached hydrogen (secondary N) is 1. The predicted molar refractivity (Wildman–Crippen MR) is 46.5 cm³/mol. The molecule has 0 spiro atoms. The Labute approximate surface area is 77.3 Å². The maximum atomic E-state index is 10.2. The summed E-state index contributed by atoms with van der Waals surface area (Å²) in [5, 5.41) is 11.2. The van der Waals surface area contributed by atoms with Crippen LogP contribution in [0.25, 0.3) is 0 Å². The zero-order valence-electron chi connectivity index (χ0n) is 5.82. The molecule has 0 amide bonds. The molecule has 68 valence electrons. The minimum Gasteiger partial charge on any atom is -0.480 e. The van der Waals surface area contributed by atoms with Gasteiger partial charge >= 0.3 is 5.97 Å². The summed E-state index contributed by atoms with van der Waals surface area (Å²) in [5.74, 6) is -0.803. The Morgan fingerprint density at radius 1 is 1.55 bits per heavy atom. The van der Waals surface area contributed by atoms with Crippen molar-refractivity contribution in [3.63, 3.8) is 0 Å². The van der Waals surface area contributed by atoms with E-state index in [1.54, 1.807) is 0 Å². The Hall–Kier alpha value is -0.0300. The number of hydrogen-bond donors (Lipinski definition) is 3. The Morgan fingerprint density at radius 3 is 2.27 bits per heavy atom. The van der Waals surface area contributed by atoms with Gasteiger partial charge in [0.25, 0.3) is 0 Å². The first-order chi connectivity index (χ1) is 4.20. The molecule has 0 aromatic carbocycles. The molecule has 4 N–H and O–H groups in total. The molecule has 1 saturated heterocycles. The molecule has 4 nitrogen and oxygen atoms in total. The number of carbonyl (C=O) groups is 1.